The number of ether oxygens (including phenoxy) is 2. The highest BCUT2D eigenvalue weighted by Gasteiger charge is 2.39. The number of amides is 2. The van der Waals surface area contributed by atoms with E-state index in [2.05, 4.69) is 0 Å². The van der Waals surface area contributed by atoms with Crippen molar-refractivity contribution in [3.63, 3.8) is 0 Å². The third-order valence-electron chi connectivity index (χ3n) is 5.44. The fourth-order valence-corrected chi connectivity index (χ4v) is 5.02. The number of hydrogen-bond donors (Lipinski definition) is 1. The Labute approximate surface area is 197 Å². The molecule has 4 rings (SSSR count). The van der Waals surface area contributed by atoms with Crippen LogP contribution in [-0.2, 0) is 9.59 Å². The van der Waals surface area contributed by atoms with E-state index in [0.29, 0.717) is 23.0 Å². The molecule has 1 saturated carbocycles. The van der Waals surface area contributed by atoms with Gasteiger partial charge < -0.3 is 15.2 Å². The molecule has 7 nitrogen and oxygen atoms in total. The van der Waals surface area contributed by atoms with E-state index in [4.69, 9.17) is 20.2 Å². The molecule has 0 bridgehead atoms. The van der Waals surface area contributed by atoms with Gasteiger partial charge in [0.05, 0.1) is 17.2 Å². The lowest BCUT2D eigenvalue weighted by molar-refractivity contribution is -0.123. The minimum absolute atomic E-state index is 0.0198. The molecule has 2 aromatic rings. The summed E-state index contributed by atoms with van der Waals surface area (Å²) in [7, 11) is 0. The van der Waals surface area contributed by atoms with Crippen LogP contribution in [0.1, 0.15) is 38.2 Å². The third-order valence-corrected chi connectivity index (χ3v) is 6.43. The fourth-order valence-electron chi connectivity index (χ4n) is 3.96. The molecule has 0 unspecified atom stereocenters. The van der Waals surface area contributed by atoms with Gasteiger partial charge in [0.15, 0.2) is 23.3 Å². The predicted octanol–water partition coefficient (Wildman–Crippen LogP) is 4.50. The summed E-state index contributed by atoms with van der Waals surface area (Å²) in [6.45, 7) is 2.07. The highest BCUT2D eigenvalue weighted by Crippen LogP contribution is 2.39. The number of thioether (sulfide) groups is 1. The molecule has 2 fully saturated rings. The molecule has 8 heteroatoms. The van der Waals surface area contributed by atoms with Crippen LogP contribution in [0.25, 0.3) is 6.08 Å². The Hall–Kier alpha value is -3.26. The lowest BCUT2D eigenvalue weighted by Gasteiger charge is -2.22. The predicted molar refractivity (Wildman–Crippen MR) is 131 cm³/mol. The van der Waals surface area contributed by atoms with Crippen LogP contribution in [0.5, 0.6) is 11.5 Å². The number of aliphatic imine (C=N–C) groups is 1. The van der Waals surface area contributed by atoms with Crippen LogP contribution in [0.15, 0.2) is 58.4 Å². The number of primary amides is 1. The Balaban J connectivity index is 1.64. The molecule has 1 aliphatic carbocycles. The molecule has 0 aromatic heterocycles. The van der Waals surface area contributed by atoms with Crippen LogP contribution in [0.4, 0.5) is 5.69 Å². The Bertz CT molecular complexity index is 1080. The maximum atomic E-state index is 13.4. The second kappa shape index (κ2) is 10.6. The number of benzene rings is 2. The Morgan fingerprint density at radius 3 is 2.61 bits per heavy atom. The summed E-state index contributed by atoms with van der Waals surface area (Å²) in [5.41, 5.74) is 6.81. The summed E-state index contributed by atoms with van der Waals surface area (Å²) < 4.78 is 11.1. The van der Waals surface area contributed by atoms with Crippen molar-refractivity contribution in [1.82, 2.24) is 4.90 Å². The lowest BCUT2D eigenvalue weighted by Crippen LogP contribution is -2.37. The zero-order valence-electron chi connectivity index (χ0n) is 18.5. The Morgan fingerprint density at radius 2 is 1.91 bits per heavy atom. The van der Waals surface area contributed by atoms with E-state index in [0.717, 1.165) is 42.1 Å². The number of carbonyl (C=O) groups is 2. The molecule has 0 radical (unpaired) electrons. The first-order valence-corrected chi connectivity index (χ1v) is 11.9. The van der Waals surface area contributed by atoms with Gasteiger partial charge in [-0.25, -0.2) is 4.99 Å². The molecule has 2 aliphatic rings. The van der Waals surface area contributed by atoms with Gasteiger partial charge in [0.25, 0.3) is 11.8 Å². The molecule has 0 atom stereocenters. The van der Waals surface area contributed by atoms with Crippen LogP contribution in [0, 0.1) is 0 Å². The van der Waals surface area contributed by atoms with Crippen molar-refractivity contribution in [3.05, 3.63) is 59.0 Å². The summed E-state index contributed by atoms with van der Waals surface area (Å²) in [6.07, 6.45) is 6.09. The first kappa shape index (κ1) is 22.9. The number of carbonyl (C=O) groups excluding carboxylic acids is 2. The molecule has 2 N–H and O–H groups in total. The monoisotopic (exact) mass is 465 g/mol. The second-order valence-corrected chi connectivity index (χ2v) is 8.86. The number of nitrogens with zero attached hydrogens (tertiary/aromatic N) is 2. The summed E-state index contributed by atoms with van der Waals surface area (Å²) >= 11 is 1.40. The summed E-state index contributed by atoms with van der Waals surface area (Å²) in [5, 5.41) is 0.718. The quantitative estimate of drug-likeness (QED) is 0.580. The van der Waals surface area contributed by atoms with E-state index in [1.807, 2.05) is 54.3 Å². The van der Waals surface area contributed by atoms with E-state index in [1.54, 1.807) is 12.1 Å². The molecule has 1 aliphatic heterocycles. The summed E-state index contributed by atoms with van der Waals surface area (Å²) in [4.78, 5) is 31.7. The Morgan fingerprint density at radius 1 is 1.15 bits per heavy atom. The molecule has 2 aromatic carbocycles. The van der Waals surface area contributed by atoms with Crippen molar-refractivity contribution in [2.24, 2.45) is 10.7 Å². The van der Waals surface area contributed by atoms with Gasteiger partial charge in [-0.05, 0) is 67.4 Å². The highest BCUT2D eigenvalue weighted by atomic mass is 32.2. The molecular weight excluding hydrogens is 438 g/mol. The van der Waals surface area contributed by atoms with Crippen LogP contribution in [0.3, 0.4) is 0 Å². The zero-order valence-corrected chi connectivity index (χ0v) is 19.3. The largest absolute Gasteiger partial charge is 0.490 e. The molecular formula is C25H27N3O4S. The van der Waals surface area contributed by atoms with E-state index in [1.165, 1.54) is 11.8 Å². The van der Waals surface area contributed by atoms with Gasteiger partial charge in [0, 0.05) is 6.04 Å². The number of hydrogen-bond acceptors (Lipinski definition) is 6. The SMILES string of the molecule is CCOc1cc(/C=C2\SC(=Nc3ccccc3)N(C3CCCC3)C2=O)ccc1OCC(N)=O. The normalized spacial score (nSPS) is 18.9. The molecule has 33 heavy (non-hydrogen) atoms. The highest BCUT2D eigenvalue weighted by molar-refractivity contribution is 8.18. The number of para-hydroxylation sites is 1. The molecule has 172 valence electrons. The van der Waals surface area contributed by atoms with Gasteiger partial charge in [-0.15, -0.1) is 0 Å². The van der Waals surface area contributed by atoms with Gasteiger partial charge >= 0.3 is 0 Å². The molecule has 1 heterocycles. The van der Waals surface area contributed by atoms with Crippen molar-refractivity contribution in [2.45, 2.75) is 38.6 Å². The van der Waals surface area contributed by atoms with E-state index >= 15 is 0 Å². The number of nitrogens with two attached hydrogens (primary N) is 1. The van der Waals surface area contributed by atoms with Crippen LogP contribution in [-0.4, -0.2) is 41.1 Å². The van der Waals surface area contributed by atoms with E-state index < -0.39 is 5.91 Å². The smallest absolute Gasteiger partial charge is 0.267 e. The van der Waals surface area contributed by atoms with Crippen molar-refractivity contribution < 1.29 is 19.1 Å². The maximum absolute atomic E-state index is 13.4. The average molecular weight is 466 g/mol. The summed E-state index contributed by atoms with van der Waals surface area (Å²) in [6, 6.07) is 15.2. The number of rotatable bonds is 8. The average Bonchev–Trinajstić information content (AvgIpc) is 3.42. The minimum atomic E-state index is -0.561. The van der Waals surface area contributed by atoms with Gasteiger partial charge in [0.1, 0.15) is 0 Å². The van der Waals surface area contributed by atoms with E-state index in [9.17, 15) is 9.59 Å². The van der Waals surface area contributed by atoms with Crippen LogP contribution in [0.2, 0.25) is 0 Å². The standard InChI is InChI=1S/C25H27N3O4S/c1-2-31-21-14-17(12-13-20(21)32-16-23(26)29)15-22-24(30)28(19-10-6-7-11-19)25(33-22)27-18-8-4-3-5-9-18/h3-5,8-9,12-15,19H,2,6-7,10-11,16H2,1H3,(H2,26,29)/b22-15-,27-25?. The van der Waals surface area contributed by atoms with Crippen LogP contribution >= 0.6 is 11.8 Å². The molecule has 1 saturated heterocycles. The molecule has 2 amide bonds. The number of amidine groups is 1. The first-order chi connectivity index (χ1) is 16.0. The topological polar surface area (TPSA) is 94.2 Å². The van der Waals surface area contributed by atoms with Crippen molar-refractivity contribution >= 4 is 40.5 Å². The van der Waals surface area contributed by atoms with Crippen LogP contribution < -0.4 is 15.2 Å². The van der Waals surface area contributed by atoms with Crippen molar-refractivity contribution in [2.75, 3.05) is 13.2 Å². The first-order valence-electron chi connectivity index (χ1n) is 11.1. The maximum Gasteiger partial charge on any atom is 0.267 e. The van der Waals surface area contributed by atoms with Crippen molar-refractivity contribution in [3.8, 4) is 11.5 Å². The van der Waals surface area contributed by atoms with E-state index in [-0.39, 0.29) is 18.6 Å². The van der Waals surface area contributed by atoms with Gasteiger partial charge in [0.2, 0.25) is 0 Å². The Kier molecular flexibility index (Phi) is 7.34. The third kappa shape index (κ3) is 5.57. The molecule has 0 spiro atoms. The van der Waals surface area contributed by atoms with Gasteiger partial charge in [-0.3, -0.25) is 14.5 Å². The zero-order chi connectivity index (χ0) is 23.2. The fraction of sp³-hybridized carbons (Fsp3) is 0.320. The van der Waals surface area contributed by atoms with Crippen molar-refractivity contribution in [1.29, 1.82) is 0 Å². The minimum Gasteiger partial charge on any atom is -0.490 e. The van der Waals surface area contributed by atoms with Gasteiger partial charge in [-0.1, -0.05) is 37.1 Å². The van der Waals surface area contributed by atoms with Gasteiger partial charge in [-0.2, -0.15) is 0 Å². The lowest BCUT2D eigenvalue weighted by atomic mass is 10.1. The second-order valence-electron chi connectivity index (χ2n) is 7.85. The summed E-state index contributed by atoms with van der Waals surface area (Å²) in [5.74, 6) is 0.346.